The molecule has 0 aliphatic carbocycles. The molecule has 0 saturated heterocycles. The average molecular weight is 321 g/mol. The van der Waals surface area contributed by atoms with E-state index in [0.717, 1.165) is 28.1 Å². The summed E-state index contributed by atoms with van der Waals surface area (Å²) in [4.78, 5) is 0. The van der Waals surface area contributed by atoms with E-state index in [2.05, 4.69) is 28.1 Å². The zero-order valence-electron chi connectivity index (χ0n) is 11.2. The van der Waals surface area contributed by atoms with Crippen molar-refractivity contribution < 1.29 is 9.47 Å². The standard InChI is InChI=1S/C16H17BrO2/c1-3-18-14-5-4-6-15(10-14)19-16-8-7-13(11-17)9-12(16)2/h4-10H,3,11H2,1-2H3. The molecule has 0 heterocycles. The summed E-state index contributed by atoms with van der Waals surface area (Å²) < 4.78 is 11.4. The predicted octanol–water partition coefficient (Wildman–Crippen LogP) is 5.08. The van der Waals surface area contributed by atoms with Gasteiger partial charge in [-0.2, -0.15) is 0 Å². The van der Waals surface area contributed by atoms with E-state index in [9.17, 15) is 0 Å². The molecule has 0 aliphatic heterocycles. The highest BCUT2D eigenvalue weighted by molar-refractivity contribution is 9.08. The van der Waals surface area contributed by atoms with E-state index >= 15 is 0 Å². The normalized spacial score (nSPS) is 10.3. The van der Waals surface area contributed by atoms with Crippen LogP contribution in [-0.4, -0.2) is 6.61 Å². The van der Waals surface area contributed by atoms with Crippen LogP contribution in [0.25, 0.3) is 0 Å². The fraction of sp³-hybridized carbons (Fsp3) is 0.250. The fourth-order valence-corrected chi connectivity index (χ4v) is 2.18. The molecule has 19 heavy (non-hydrogen) atoms. The van der Waals surface area contributed by atoms with E-state index in [1.807, 2.05) is 44.2 Å². The zero-order valence-corrected chi connectivity index (χ0v) is 12.7. The Bertz CT molecular complexity index is 552. The number of benzene rings is 2. The summed E-state index contributed by atoms with van der Waals surface area (Å²) in [6.07, 6.45) is 0. The first-order chi connectivity index (χ1) is 9.22. The van der Waals surface area contributed by atoms with Crippen LogP contribution in [0.3, 0.4) is 0 Å². The van der Waals surface area contributed by atoms with Crippen LogP contribution in [0.2, 0.25) is 0 Å². The Morgan fingerprint density at radius 1 is 1.05 bits per heavy atom. The van der Waals surface area contributed by atoms with Crippen molar-refractivity contribution in [1.29, 1.82) is 0 Å². The van der Waals surface area contributed by atoms with Gasteiger partial charge in [0.1, 0.15) is 17.2 Å². The van der Waals surface area contributed by atoms with Crippen LogP contribution in [0, 0.1) is 6.92 Å². The van der Waals surface area contributed by atoms with Gasteiger partial charge in [-0.1, -0.05) is 34.1 Å². The molecule has 2 aromatic rings. The van der Waals surface area contributed by atoms with Gasteiger partial charge in [0.15, 0.2) is 0 Å². The lowest BCUT2D eigenvalue weighted by atomic mass is 10.1. The maximum Gasteiger partial charge on any atom is 0.131 e. The first-order valence-corrected chi connectivity index (χ1v) is 7.41. The molecular formula is C16H17BrO2. The molecule has 3 heteroatoms. The molecule has 2 rings (SSSR count). The Labute approximate surface area is 122 Å². The van der Waals surface area contributed by atoms with Gasteiger partial charge in [0.2, 0.25) is 0 Å². The van der Waals surface area contributed by atoms with Crippen molar-refractivity contribution in [2.75, 3.05) is 6.61 Å². The van der Waals surface area contributed by atoms with Crippen molar-refractivity contribution >= 4 is 15.9 Å². The third kappa shape index (κ3) is 3.74. The van der Waals surface area contributed by atoms with Crippen molar-refractivity contribution in [3.63, 3.8) is 0 Å². The third-order valence-corrected chi connectivity index (χ3v) is 3.39. The molecule has 0 N–H and O–H groups in total. The molecule has 0 amide bonds. The van der Waals surface area contributed by atoms with Gasteiger partial charge in [-0.25, -0.2) is 0 Å². The van der Waals surface area contributed by atoms with Crippen molar-refractivity contribution in [3.8, 4) is 17.2 Å². The molecule has 0 spiro atoms. The number of halogens is 1. The summed E-state index contributed by atoms with van der Waals surface area (Å²) in [7, 11) is 0. The second-order valence-corrected chi connectivity index (χ2v) is 4.80. The van der Waals surface area contributed by atoms with Crippen molar-refractivity contribution in [2.45, 2.75) is 19.2 Å². The van der Waals surface area contributed by atoms with Crippen LogP contribution in [0.5, 0.6) is 17.2 Å². The van der Waals surface area contributed by atoms with Crippen molar-refractivity contribution in [1.82, 2.24) is 0 Å². The van der Waals surface area contributed by atoms with Gasteiger partial charge in [0.05, 0.1) is 6.61 Å². The van der Waals surface area contributed by atoms with Crippen LogP contribution in [0.1, 0.15) is 18.1 Å². The maximum absolute atomic E-state index is 5.90. The van der Waals surface area contributed by atoms with Crippen molar-refractivity contribution in [3.05, 3.63) is 53.6 Å². The first kappa shape index (κ1) is 13.9. The van der Waals surface area contributed by atoms with Gasteiger partial charge in [-0.15, -0.1) is 0 Å². The van der Waals surface area contributed by atoms with Crippen LogP contribution in [-0.2, 0) is 5.33 Å². The number of ether oxygens (including phenoxy) is 2. The minimum Gasteiger partial charge on any atom is -0.494 e. The predicted molar refractivity (Wildman–Crippen MR) is 81.5 cm³/mol. The molecule has 2 nitrogen and oxygen atoms in total. The highest BCUT2D eigenvalue weighted by Gasteiger charge is 2.03. The smallest absolute Gasteiger partial charge is 0.131 e. The molecule has 0 fully saturated rings. The Morgan fingerprint density at radius 2 is 1.84 bits per heavy atom. The van der Waals surface area contributed by atoms with Crippen LogP contribution >= 0.6 is 15.9 Å². The molecule has 0 radical (unpaired) electrons. The summed E-state index contributed by atoms with van der Waals surface area (Å²) in [5, 5.41) is 0.855. The largest absolute Gasteiger partial charge is 0.494 e. The summed E-state index contributed by atoms with van der Waals surface area (Å²) in [5.74, 6) is 2.49. The fourth-order valence-electron chi connectivity index (χ4n) is 1.83. The van der Waals surface area contributed by atoms with Gasteiger partial charge in [0.25, 0.3) is 0 Å². The average Bonchev–Trinajstić information content (AvgIpc) is 2.42. The topological polar surface area (TPSA) is 18.5 Å². The minimum atomic E-state index is 0.655. The Hall–Kier alpha value is -1.48. The molecule has 0 saturated carbocycles. The molecule has 0 aliphatic rings. The van der Waals surface area contributed by atoms with Gasteiger partial charge in [-0.3, -0.25) is 0 Å². The van der Waals surface area contributed by atoms with Crippen LogP contribution in [0.4, 0.5) is 0 Å². The minimum absolute atomic E-state index is 0.655. The highest BCUT2D eigenvalue weighted by Crippen LogP contribution is 2.28. The Kier molecular flexibility index (Phi) is 4.86. The van der Waals surface area contributed by atoms with E-state index in [-0.39, 0.29) is 0 Å². The number of hydrogen-bond donors (Lipinski definition) is 0. The second-order valence-electron chi connectivity index (χ2n) is 4.24. The van der Waals surface area contributed by atoms with Gasteiger partial charge < -0.3 is 9.47 Å². The summed E-state index contributed by atoms with van der Waals surface area (Å²) >= 11 is 3.45. The van der Waals surface area contributed by atoms with E-state index in [4.69, 9.17) is 9.47 Å². The van der Waals surface area contributed by atoms with Gasteiger partial charge in [-0.05, 0) is 43.2 Å². The Morgan fingerprint density at radius 3 is 2.53 bits per heavy atom. The number of rotatable bonds is 5. The lowest BCUT2D eigenvalue weighted by molar-refractivity contribution is 0.338. The SMILES string of the molecule is CCOc1cccc(Oc2ccc(CBr)cc2C)c1. The van der Waals surface area contributed by atoms with E-state index < -0.39 is 0 Å². The quantitative estimate of drug-likeness (QED) is 0.715. The maximum atomic E-state index is 5.90. The molecule has 0 aromatic heterocycles. The number of aryl methyl sites for hydroxylation is 1. The molecule has 0 bridgehead atoms. The molecular weight excluding hydrogens is 304 g/mol. The van der Waals surface area contributed by atoms with Crippen LogP contribution < -0.4 is 9.47 Å². The lowest BCUT2D eigenvalue weighted by Gasteiger charge is -2.11. The molecule has 0 atom stereocenters. The summed E-state index contributed by atoms with van der Waals surface area (Å²) in [5.41, 5.74) is 2.37. The van der Waals surface area contributed by atoms with Gasteiger partial charge in [0, 0.05) is 11.4 Å². The zero-order chi connectivity index (χ0) is 13.7. The highest BCUT2D eigenvalue weighted by atomic mass is 79.9. The third-order valence-electron chi connectivity index (χ3n) is 2.74. The van der Waals surface area contributed by atoms with E-state index in [0.29, 0.717) is 6.61 Å². The Balaban J connectivity index is 2.18. The molecule has 0 unspecified atom stereocenters. The molecule has 100 valence electrons. The molecule has 2 aromatic carbocycles. The second kappa shape index (κ2) is 6.62. The van der Waals surface area contributed by atoms with Crippen molar-refractivity contribution in [2.24, 2.45) is 0 Å². The van der Waals surface area contributed by atoms with E-state index in [1.54, 1.807) is 0 Å². The van der Waals surface area contributed by atoms with Gasteiger partial charge >= 0.3 is 0 Å². The number of hydrogen-bond acceptors (Lipinski definition) is 2. The van der Waals surface area contributed by atoms with Crippen LogP contribution in [0.15, 0.2) is 42.5 Å². The first-order valence-electron chi connectivity index (χ1n) is 6.29. The summed E-state index contributed by atoms with van der Waals surface area (Å²) in [6, 6.07) is 13.9. The summed E-state index contributed by atoms with van der Waals surface area (Å²) in [6.45, 7) is 4.67. The van der Waals surface area contributed by atoms with E-state index in [1.165, 1.54) is 5.56 Å². The lowest BCUT2D eigenvalue weighted by Crippen LogP contribution is -1.93. The number of alkyl halides is 1. The monoisotopic (exact) mass is 320 g/mol.